The smallest absolute Gasteiger partial charge is 0.274 e. The van der Waals surface area contributed by atoms with E-state index in [0.29, 0.717) is 72.0 Å². The quantitative estimate of drug-likeness (QED) is 0.0877. The number of nitrogens with zero attached hydrogens (tertiary/aromatic N) is 11. The Labute approximate surface area is 381 Å². The zero-order valence-corrected chi connectivity index (χ0v) is 36.8. The summed E-state index contributed by atoms with van der Waals surface area (Å²) in [5.41, 5.74) is 9.58. The van der Waals surface area contributed by atoms with Gasteiger partial charge in [-0.15, -0.1) is 0 Å². The lowest BCUT2D eigenvalue weighted by Crippen LogP contribution is -2.34. The largest absolute Gasteiger partial charge is 0.362 e. The first-order valence-electron chi connectivity index (χ1n) is 21.0. The van der Waals surface area contributed by atoms with E-state index in [4.69, 9.17) is 5.73 Å². The number of aromatic nitrogens is 12. The number of aromatic amines is 1. The maximum Gasteiger partial charge on any atom is 0.274 e. The van der Waals surface area contributed by atoms with Gasteiger partial charge in [-0.2, -0.15) is 0 Å². The lowest BCUT2D eigenvalue weighted by molar-refractivity contribution is 0.317. The highest BCUT2D eigenvalue weighted by atomic mass is 32.1. The molecule has 0 amide bonds. The third-order valence-electron chi connectivity index (χ3n) is 10.5. The standard InChI is InChI=1S/C22H21FN8OS.C13H13FN6S.C9H8N2O/c23-15-5-3-8-25-17(15)12-26-20-19-21(28-13-27-20)33-18(29-19)7-9-24-10-11-31-22(32)14-4-1-2-6-16(14)30-31;14-8-2-1-5-16-9(8)6-17-12-11-13(19-7-18-12)21-10(20-11)3-4-15;12-9-7-3-1-2-4-8(7)10-5-6-11(9)10/h1-6,8,13,24,30H,7,9-12H2,(H,26,27,28);1-2,5,7H,3-4,6,15H2,(H,17,18,19);1-4H,5-6H2. The first kappa shape index (κ1) is 43.8. The van der Waals surface area contributed by atoms with Crippen LogP contribution in [0.5, 0.6) is 0 Å². The van der Waals surface area contributed by atoms with Crippen LogP contribution in [-0.4, -0.2) is 78.7 Å². The molecule has 8 aromatic heterocycles. The van der Waals surface area contributed by atoms with Gasteiger partial charge in [-0.1, -0.05) is 46.9 Å². The number of nitrogens with two attached hydrogens (primary N) is 1. The summed E-state index contributed by atoms with van der Waals surface area (Å²) in [6, 6.07) is 21.1. The molecule has 0 atom stereocenters. The van der Waals surface area contributed by atoms with Crippen LogP contribution < -0.4 is 32.8 Å². The van der Waals surface area contributed by atoms with Crippen molar-refractivity contribution < 1.29 is 8.78 Å². The molecule has 66 heavy (non-hydrogen) atoms. The van der Waals surface area contributed by atoms with Gasteiger partial charge in [0.05, 0.1) is 75.9 Å². The van der Waals surface area contributed by atoms with Crippen LogP contribution >= 0.6 is 22.7 Å². The molecule has 10 aromatic rings. The van der Waals surface area contributed by atoms with Crippen LogP contribution in [0.3, 0.4) is 0 Å². The predicted molar refractivity (Wildman–Crippen MR) is 252 cm³/mol. The number of halogens is 2. The van der Waals surface area contributed by atoms with Gasteiger partial charge in [0, 0.05) is 38.3 Å². The fourth-order valence-electron chi connectivity index (χ4n) is 7.18. The van der Waals surface area contributed by atoms with Crippen molar-refractivity contribution in [3.63, 3.8) is 0 Å². The number of nitrogens with one attached hydrogen (secondary N) is 4. The highest BCUT2D eigenvalue weighted by Gasteiger charge is 2.19. The first-order chi connectivity index (χ1) is 32.3. The number of hydrogen-bond acceptors (Lipinski definition) is 16. The van der Waals surface area contributed by atoms with Gasteiger partial charge >= 0.3 is 0 Å². The Morgan fingerprint density at radius 1 is 0.652 bits per heavy atom. The van der Waals surface area contributed by atoms with E-state index in [9.17, 15) is 18.4 Å². The molecule has 1 aliphatic rings. The molecule has 0 bridgehead atoms. The minimum Gasteiger partial charge on any atom is -0.362 e. The number of anilines is 2. The summed E-state index contributed by atoms with van der Waals surface area (Å²) in [6.07, 6.45) is 7.46. The molecule has 0 spiro atoms. The molecule has 18 nitrogen and oxygen atoms in total. The molecule has 0 saturated heterocycles. The van der Waals surface area contributed by atoms with Gasteiger partial charge in [0.1, 0.15) is 45.0 Å². The molecular weight excluding hydrogens is 887 g/mol. The van der Waals surface area contributed by atoms with Crippen molar-refractivity contribution in [1.82, 2.24) is 64.3 Å². The molecule has 6 N–H and O–H groups in total. The van der Waals surface area contributed by atoms with E-state index < -0.39 is 0 Å². The number of hydrogen-bond donors (Lipinski definition) is 5. The summed E-state index contributed by atoms with van der Waals surface area (Å²) >= 11 is 2.99. The molecule has 0 aliphatic carbocycles. The van der Waals surface area contributed by atoms with Gasteiger partial charge in [0.25, 0.3) is 11.1 Å². The molecule has 11 rings (SSSR count). The number of H-pyrrole nitrogens is 1. The summed E-state index contributed by atoms with van der Waals surface area (Å²) in [7, 11) is 0. The Kier molecular flexibility index (Phi) is 13.4. The molecule has 0 fully saturated rings. The van der Waals surface area contributed by atoms with Crippen LogP contribution in [0.15, 0.2) is 107 Å². The average Bonchev–Trinajstić information content (AvgIpc) is 4.07. The van der Waals surface area contributed by atoms with Crippen LogP contribution in [0, 0.1) is 11.6 Å². The molecule has 0 radical (unpaired) electrons. The van der Waals surface area contributed by atoms with Crippen LogP contribution in [-0.2, 0) is 45.6 Å². The van der Waals surface area contributed by atoms with E-state index >= 15 is 0 Å². The van der Waals surface area contributed by atoms with Crippen molar-refractivity contribution >= 4 is 76.8 Å². The van der Waals surface area contributed by atoms with Crippen molar-refractivity contribution in [3.8, 4) is 0 Å². The summed E-state index contributed by atoms with van der Waals surface area (Å²) in [5.74, 6) is 0.413. The van der Waals surface area contributed by atoms with Crippen LogP contribution in [0.4, 0.5) is 20.4 Å². The second-order valence-electron chi connectivity index (χ2n) is 14.8. The van der Waals surface area contributed by atoms with Crippen molar-refractivity contribution in [1.29, 1.82) is 0 Å². The Morgan fingerprint density at radius 3 is 1.83 bits per heavy atom. The van der Waals surface area contributed by atoms with E-state index in [1.54, 1.807) is 33.9 Å². The van der Waals surface area contributed by atoms with Crippen molar-refractivity contribution in [2.24, 2.45) is 5.73 Å². The fraction of sp³-hybridized carbons (Fsp3) is 0.227. The molecule has 22 heteroatoms. The Hall–Kier alpha value is -7.40. The van der Waals surface area contributed by atoms with Gasteiger partial charge in [0.15, 0.2) is 11.6 Å². The molecular formula is C44H42F2N16O2S2. The highest BCUT2D eigenvalue weighted by Crippen LogP contribution is 2.26. The molecule has 2 aromatic carbocycles. The lowest BCUT2D eigenvalue weighted by Gasteiger charge is -2.20. The van der Waals surface area contributed by atoms with E-state index in [1.165, 1.54) is 47.5 Å². The topological polar surface area (TPSA) is 230 Å². The Morgan fingerprint density at radius 2 is 1.24 bits per heavy atom. The van der Waals surface area contributed by atoms with E-state index in [1.807, 2.05) is 53.2 Å². The number of aryl methyl sites for hydroxylation is 1. The van der Waals surface area contributed by atoms with E-state index in [-0.39, 0.29) is 35.8 Å². The number of benzene rings is 2. The third kappa shape index (κ3) is 9.66. The zero-order valence-electron chi connectivity index (χ0n) is 35.2. The number of para-hydroxylation sites is 2. The van der Waals surface area contributed by atoms with E-state index in [0.717, 1.165) is 55.6 Å². The third-order valence-corrected chi connectivity index (χ3v) is 12.5. The normalized spacial score (nSPS) is 11.8. The van der Waals surface area contributed by atoms with Crippen molar-refractivity contribution in [2.75, 3.05) is 30.3 Å². The van der Waals surface area contributed by atoms with Crippen LogP contribution in [0.1, 0.15) is 21.4 Å². The SMILES string of the molecule is NCCc1nc2c(NCc3ncccc3F)ncnc2s1.O=c1c2ccccc2[nH]n1CCNCCc1nc2c(NCc3ncccc3F)ncnc2s1.O=c1c2ccccc2n2n1CC2. The van der Waals surface area contributed by atoms with Gasteiger partial charge in [0.2, 0.25) is 0 Å². The second-order valence-corrected chi connectivity index (χ2v) is 16.9. The maximum atomic E-state index is 13.8. The molecule has 1 aliphatic heterocycles. The summed E-state index contributed by atoms with van der Waals surface area (Å²) in [4.78, 5) is 59.6. The predicted octanol–water partition coefficient (Wildman–Crippen LogP) is 5.26. The van der Waals surface area contributed by atoms with Gasteiger partial charge in [-0.3, -0.25) is 34.0 Å². The number of thiazole rings is 2. The number of fused-ring (bicyclic) bond motifs is 6. The van der Waals surface area contributed by atoms with Crippen LogP contribution in [0.25, 0.3) is 42.5 Å². The zero-order chi connectivity index (χ0) is 45.4. The molecule has 0 saturated carbocycles. The monoisotopic (exact) mass is 928 g/mol. The van der Waals surface area contributed by atoms with Gasteiger partial charge in [-0.05, 0) is 55.1 Å². The fourth-order valence-corrected chi connectivity index (χ4v) is 9.00. The minimum atomic E-state index is -0.366. The van der Waals surface area contributed by atoms with E-state index in [2.05, 4.69) is 60.9 Å². The van der Waals surface area contributed by atoms with Gasteiger partial charge < -0.3 is 21.7 Å². The van der Waals surface area contributed by atoms with Gasteiger partial charge in [-0.25, -0.2) is 43.4 Å². The maximum absolute atomic E-state index is 13.8. The highest BCUT2D eigenvalue weighted by molar-refractivity contribution is 7.18. The lowest BCUT2D eigenvalue weighted by atomic mass is 10.2. The molecule has 336 valence electrons. The Bertz CT molecular complexity index is 3400. The molecule has 0 unspecified atom stereocenters. The minimum absolute atomic E-state index is 0.0113. The Balaban J connectivity index is 0.000000140. The average molecular weight is 929 g/mol. The van der Waals surface area contributed by atoms with Crippen LogP contribution in [0.2, 0.25) is 0 Å². The number of pyridine rings is 2. The summed E-state index contributed by atoms with van der Waals surface area (Å²) in [6.45, 7) is 4.75. The molecule has 9 heterocycles. The number of rotatable bonds is 14. The summed E-state index contributed by atoms with van der Waals surface area (Å²) < 4.78 is 32.8. The second kappa shape index (κ2) is 20.2. The van der Waals surface area contributed by atoms with Crippen molar-refractivity contribution in [2.45, 2.75) is 45.6 Å². The first-order valence-corrected chi connectivity index (χ1v) is 22.6. The summed E-state index contributed by atoms with van der Waals surface area (Å²) in [5, 5.41) is 16.0. The van der Waals surface area contributed by atoms with Crippen molar-refractivity contribution in [3.05, 3.63) is 152 Å².